The summed E-state index contributed by atoms with van der Waals surface area (Å²) in [6.45, 7) is 5.58. The Labute approximate surface area is 123 Å². The number of nitrogens with one attached hydrogen (secondary N) is 1. The smallest absolute Gasteiger partial charge is 0.263 e. The topological polar surface area (TPSA) is 62.3 Å². The molecule has 0 saturated carbocycles. The van der Waals surface area contributed by atoms with Crippen molar-refractivity contribution >= 4 is 23.2 Å². The summed E-state index contributed by atoms with van der Waals surface area (Å²) in [5, 5.41) is 3.02. The lowest BCUT2D eigenvalue weighted by molar-refractivity contribution is -0.133. The maximum Gasteiger partial charge on any atom is 0.263 e. The van der Waals surface area contributed by atoms with Gasteiger partial charge in [-0.25, -0.2) is 0 Å². The van der Waals surface area contributed by atoms with E-state index in [1.807, 2.05) is 4.90 Å². The quantitative estimate of drug-likeness (QED) is 0.923. The molecule has 2 amide bonds. The number of amides is 2. The van der Waals surface area contributed by atoms with Crippen molar-refractivity contribution in [2.45, 2.75) is 39.2 Å². The first-order chi connectivity index (χ1) is 9.56. The minimum atomic E-state index is -0.0561. The second-order valence-corrected chi connectivity index (χ2v) is 6.48. The Morgan fingerprint density at radius 3 is 2.70 bits per heavy atom. The molecule has 1 aliphatic heterocycles. The van der Waals surface area contributed by atoms with Crippen molar-refractivity contribution in [2.24, 2.45) is 5.92 Å². The number of rotatable bonds is 4. The number of thiazole rings is 1. The number of nitrogens with zero attached hydrogens (tertiary/aromatic N) is 2. The highest BCUT2D eigenvalue weighted by Gasteiger charge is 2.24. The minimum Gasteiger partial charge on any atom is -0.348 e. The van der Waals surface area contributed by atoms with E-state index in [1.165, 1.54) is 11.3 Å². The van der Waals surface area contributed by atoms with Crippen molar-refractivity contribution < 1.29 is 9.59 Å². The van der Waals surface area contributed by atoms with Crippen LogP contribution in [0.25, 0.3) is 0 Å². The van der Waals surface area contributed by atoms with E-state index in [4.69, 9.17) is 0 Å². The minimum absolute atomic E-state index is 0.0561. The second-order valence-electron chi connectivity index (χ2n) is 5.59. The molecule has 2 rings (SSSR count). The molecule has 110 valence electrons. The molecule has 1 fully saturated rings. The first kappa shape index (κ1) is 15.0. The third kappa shape index (κ3) is 4.03. The average molecular weight is 295 g/mol. The van der Waals surface area contributed by atoms with Crippen molar-refractivity contribution in [1.82, 2.24) is 15.2 Å². The fraction of sp³-hybridized carbons (Fsp3) is 0.643. The highest BCUT2D eigenvalue weighted by molar-refractivity contribution is 7.11. The van der Waals surface area contributed by atoms with Gasteiger partial charge in [0.2, 0.25) is 5.91 Å². The van der Waals surface area contributed by atoms with Gasteiger partial charge in [-0.3, -0.25) is 14.6 Å². The molecule has 1 aliphatic rings. The van der Waals surface area contributed by atoms with Crippen molar-refractivity contribution in [2.75, 3.05) is 13.1 Å². The van der Waals surface area contributed by atoms with E-state index in [9.17, 15) is 9.59 Å². The fourth-order valence-corrected chi connectivity index (χ4v) is 2.86. The van der Waals surface area contributed by atoms with Gasteiger partial charge in [-0.15, -0.1) is 11.3 Å². The zero-order valence-corrected chi connectivity index (χ0v) is 12.8. The van der Waals surface area contributed by atoms with Crippen molar-refractivity contribution in [3.05, 3.63) is 16.6 Å². The molecule has 5 nitrogen and oxygen atoms in total. The van der Waals surface area contributed by atoms with Crippen LogP contribution < -0.4 is 5.32 Å². The molecule has 0 atom stereocenters. The Kier molecular flexibility index (Phi) is 5.11. The van der Waals surface area contributed by atoms with E-state index >= 15 is 0 Å². The van der Waals surface area contributed by atoms with Crippen LogP contribution in [-0.2, 0) is 4.79 Å². The van der Waals surface area contributed by atoms with Gasteiger partial charge in [0.1, 0.15) is 4.88 Å². The van der Waals surface area contributed by atoms with Gasteiger partial charge in [-0.2, -0.15) is 0 Å². The fourth-order valence-electron chi connectivity index (χ4n) is 2.34. The number of carbonyl (C=O) groups is 2. The van der Waals surface area contributed by atoms with Gasteiger partial charge in [0.25, 0.3) is 5.91 Å². The van der Waals surface area contributed by atoms with Gasteiger partial charge in [0.05, 0.1) is 11.7 Å². The average Bonchev–Trinajstić information content (AvgIpc) is 2.92. The molecule has 0 bridgehead atoms. The number of carbonyl (C=O) groups excluding carboxylic acids is 2. The predicted octanol–water partition coefficient (Wildman–Crippen LogP) is 1.91. The van der Waals surface area contributed by atoms with E-state index in [1.54, 1.807) is 11.7 Å². The van der Waals surface area contributed by atoms with E-state index < -0.39 is 0 Å². The lowest BCUT2D eigenvalue weighted by atomic mass is 10.0. The maximum atomic E-state index is 12.0. The number of hydrogen-bond donors (Lipinski definition) is 1. The summed E-state index contributed by atoms with van der Waals surface area (Å²) >= 11 is 1.34. The zero-order valence-electron chi connectivity index (χ0n) is 12.0. The molecule has 0 aromatic carbocycles. The summed E-state index contributed by atoms with van der Waals surface area (Å²) in [4.78, 5) is 30.3. The van der Waals surface area contributed by atoms with Gasteiger partial charge in [-0.05, 0) is 18.8 Å². The third-order valence-electron chi connectivity index (χ3n) is 3.42. The molecule has 1 N–H and O–H groups in total. The van der Waals surface area contributed by atoms with Crippen LogP contribution in [0.2, 0.25) is 0 Å². The summed E-state index contributed by atoms with van der Waals surface area (Å²) in [7, 11) is 0. The lowest BCUT2D eigenvalue weighted by Gasteiger charge is -2.32. The first-order valence-electron chi connectivity index (χ1n) is 7.03. The largest absolute Gasteiger partial charge is 0.348 e. The molecule has 0 radical (unpaired) electrons. The van der Waals surface area contributed by atoms with Crippen LogP contribution in [0.3, 0.4) is 0 Å². The monoisotopic (exact) mass is 295 g/mol. The van der Waals surface area contributed by atoms with Crippen LogP contribution in [0.5, 0.6) is 0 Å². The van der Waals surface area contributed by atoms with Crippen LogP contribution in [0, 0.1) is 5.92 Å². The molecular weight excluding hydrogens is 274 g/mol. The molecular formula is C14H21N3O2S. The summed E-state index contributed by atoms with van der Waals surface area (Å²) in [5.41, 5.74) is 1.65. The molecule has 6 heteroatoms. The van der Waals surface area contributed by atoms with Gasteiger partial charge in [0.15, 0.2) is 0 Å². The predicted molar refractivity (Wildman–Crippen MR) is 78.6 cm³/mol. The summed E-state index contributed by atoms with van der Waals surface area (Å²) in [6, 6.07) is 0.160. The Morgan fingerprint density at radius 1 is 1.45 bits per heavy atom. The number of likely N-dealkylation sites (tertiary alicyclic amines) is 1. The van der Waals surface area contributed by atoms with Crippen LogP contribution in [0.4, 0.5) is 0 Å². The third-order valence-corrected chi connectivity index (χ3v) is 4.19. The molecule has 0 unspecified atom stereocenters. The Hall–Kier alpha value is -1.43. The van der Waals surface area contributed by atoms with Crippen LogP contribution in [0.1, 0.15) is 42.8 Å². The van der Waals surface area contributed by atoms with Gasteiger partial charge in [-0.1, -0.05) is 13.8 Å². The van der Waals surface area contributed by atoms with Crippen molar-refractivity contribution in [1.29, 1.82) is 0 Å². The van der Waals surface area contributed by atoms with Crippen molar-refractivity contribution in [3.8, 4) is 0 Å². The molecule has 1 saturated heterocycles. The Bertz CT molecular complexity index is 451. The molecule has 0 aliphatic carbocycles. The molecule has 2 heterocycles. The normalized spacial score (nSPS) is 16.4. The van der Waals surface area contributed by atoms with E-state index in [0.717, 1.165) is 25.9 Å². The highest BCUT2D eigenvalue weighted by Crippen LogP contribution is 2.14. The van der Waals surface area contributed by atoms with E-state index in [0.29, 0.717) is 17.2 Å². The van der Waals surface area contributed by atoms with E-state index in [2.05, 4.69) is 24.1 Å². The Morgan fingerprint density at radius 2 is 2.15 bits per heavy atom. The van der Waals surface area contributed by atoms with Crippen molar-refractivity contribution in [3.63, 3.8) is 0 Å². The van der Waals surface area contributed by atoms with Gasteiger partial charge in [0, 0.05) is 25.6 Å². The molecule has 1 aromatic rings. The van der Waals surface area contributed by atoms with Gasteiger partial charge >= 0.3 is 0 Å². The standard InChI is InChI=1S/C14H21N3O2S/c1-10(2)7-13(18)17-5-3-11(4-6-17)16-14(19)12-8-15-9-20-12/h8-11H,3-7H2,1-2H3,(H,16,19). The number of piperidine rings is 1. The van der Waals surface area contributed by atoms with E-state index in [-0.39, 0.29) is 17.9 Å². The number of aromatic nitrogens is 1. The molecule has 1 aromatic heterocycles. The summed E-state index contributed by atoms with van der Waals surface area (Å²) in [6.07, 6.45) is 3.85. The molecule has 20 heavy (non-hydrogen) atoms. The van der Waals surface area contributed by atoms with Gasteiger partial charge < -0.3 is 10.2 Å². The summed E-state index contributed by atoms with van der Waals surface area (Å²) in [5.74, 6) is 0.568. The first-order valence-corrected chi connectivity index (χ1v) is 7.91. The van der Waals surface area contributed by atoms with Crippen LogP contribution in [-0.4, -0.2) is 40.8 Å². The molecule has 0 spiro atoms. The summed E-state index contributed by atoms with van der Waals surface area (Å²) < 4.78 is 0. The SMILES string of the molecule is CC(C)CC(=O)N1CCC(NC(=O)c2cncs2)CC1. The van der Waals surface area contributed by atoms with Crippen LogP contribution >= 0.6 is 11.3 Å². The maximum absolute atomic E-state index is 12.0. The lowest BCUT2D eigenvalue weighted by Crippen LogP contribution is -2.46. The highest BCUT2D eigenvalue weighted by atomic mass is 32.1. The zero-order chi connectivity index (χ0) is 14.5. The Balaban J connectivity index is 1.77. The van der Waals surface area contributed by atoms with Crippen LogP contribution in [0.15, 0.2) is 11.7 Å². The number of hydrogen-bond acceptors (Lipinski definition) is 4. The second kappa shape index (κ2) is 6.83.